The summed E-state index contributed by atoms with van der Waals surface area (Å²) >= 11 is 0. The quantitative estimate of drug-likeness (QED) is 0.901. The summed E-state index contributed by atoms with van der Waals surface area (Å²) < 4.78 is 0. The third-order valence-corrected chi connectivity index (χ3v) is 3.27. The molecule has 0 saturated heterocycles. The molecule has 6 heteroatoms. The van der Waals surface area contributed by atoms with E-state index in [1.807, 2.05) is 0 Å². The van der Waals surface area contributed by atoms with Crippen LogP contribution < -0.4 is 4.90 Å². The summed E-state index contributed by atoms with van der Waals surface area (Å²) in [4.78, 5) is 29.1. The second-order valence-electron chi connectivity index (χ2n) is 5.02. The van der Waals surface area contributed by atoms with Crippen molar-refractivity contribution in [2.75, 3.05) is 19.0 Å². The van der Waals surface area contributed by atoms with Crippen LogP contribution in [0.1, 0.15) is 26.4 Å². The minimum Gasteiger partial charge on any atom is -0.478 e. The van der Waals surface area contributed by atoms with E-state index in [9.17, 15) is 19.8 Å². The Hall–Kier alpha value is -2.89. The van der Waals surface area contributed by atoms with Gasteiger partial charge in [0.1, 0.15) is 11.4 Å². The summed E-state index contributed by atoms with van der Waals surface area (Å²) in [6, 6.07) is 8.80. The molecule has 0 fully saturated rings. The van der Waals surface area contributed by atoms with E-state index in [0.717, 1.165) is 0 Å². The minimum absolute atomic E-state index is 0.127. The molecule has 6 nitrogen and oxygen atoms in total. The van der Waals surface area contributed by atoms with Crippen molar-refractivity contribution in [3.63, 3.8) is 0 Å². The maximum atomic E-state index is 11.7. The van der Waals surface area contributed by atoms with Crippen molar-refractivity contribution < 1.29 is 19.8 Å². The van der Waals surface area contributed by atoms with Gasteiger partial charge in [-0.05, 0) is 12.5 Å². The number of nitrogens with zero attached hydrogens (tertiary/aromatic N) is 2. The number of hydrogen-bond acceptors (Lipinski definition) is 4. The number of carboxylic acid groups (broad SMARTS) is 2. The maximum absolute atomic E-state index is 11.7. The molecule has 1 aromatic heterocycles. The first kappa shape index (κ1) is 15.5. The lowest BCUT2D eigenvalue weighted by Gasteiger charge is -2.20. The summed E-state index contributed by atoms with van der Waals surface area (Å²) in [7, 11) is 3.25. The maximum Gasteiger partial charge on any atom is 0.340 e. The van der Waals surface area contributed by atoms with Gasteiger partial charge in [-0.3, -0.25) is 0 Å². The number of carboxylic acids is 2. The zero-order valence-corrected chi connectivity index (χ0v) is 12.5. The fourth-order valence-electron chi connectivity index (χ4n) is 2.39. The van der Waals surface area contributed by atoms with Crippen LogP contribution in [0.4, 0.5) is 5.82 Å². The van der Waals surface area contributed by atoms with Gasteiger partial charge in [0.15, 0.2) is 0 Å². The summed E-state index contributed by atoms with van der Waals surface area (Å²) in [6.07, 6.45) is 0. The molecule has 114 valence electrons. The van der Waals surface area contributed by atoms with Crippen LogP contribution in [0.5, 0.6) is 0 Å². The third kappa shape index (κ3) is 2.63. The first-order chi connectivity index (χ1) is 10.3. The summed E-state index contributed by atoms with van der Waals surface area (Å²) in [5.41, 5.74) is 0.878. The van der Waals surface area contributed by atoms with Crippen LogP contribution in [0.15, 0.2) is 30.3 Å². The molecule has 0 spiro atoms. The highest BCUT2D eigenvalue weighted by molar-refractivity contribution is 6.09. The van der Waals surface area contributed by atoms with Crippen LogP contribution in [-0.2, 0) is 0 Å². The van der Waals surface area contributed by atoms with Crippen LogP contribution in [0, 0.1) is 6.92 Å². The number of aromatic nitrogens is 1. The minimum atomic E-state index is -1.31. The number of aromatic carboxylic acids is 2. The largest absolute Gasteiger partial charge is 0.478 e. The number of anilines is 1. The lowest BCUT2D eigenvalue weighted by Crippen LogP contribution is -2.21. The van der Waals surface area contributed by atoms with Crippen molar-refractivity contribution in [3.8, 4) is 11.1 Å². The number of aryl methyl sites for hydroxylation is 1. The number of hydrogen-bond donors (Lipinski definition) is 2. The average Bonchev–Trinajstić information content (AvgIpc) is 2.46. The van der Waals surface area contributed by atoms with E-state index in [1.54, 1.807) is 51.4 Å². The van der Waals surface area contributed by atoms with Crippen molar-refractivity contribution in [1.29, 1.82) is 0 Å². The van der Waals surface area contributed by atoms with Gasteiger partial charge in [-0.2, -0.15) is 0 Å². The third-order valence-electron chi connectivity index (χ3n) is 3.27. The molecule has 0 aliphatic heterocycles. The Morgan fingerprint density at radius 3 is 2.00 bits per heavy atom. The van der Waals surface area contributed by atoms with Crippen LogP contribution in [0.2, 0.25) is 0 Å². The van der Waals surface area contributed by atoms with Gasteiger partial charge in [-0.15, -0.1) is 0 Å². The molecule has 0 aliphatic rings. The van der Waals surface area contributed by atoms with Crippen LogP contribution in [-0.4, -0.2) is 41.2 Å². The molecule has 1 aromatic carbocycles. The van der Waals surface area contributed by atoms with Gasteiger partial charge < -0.3 is 15.1 Å². The molecule has 2 aromatic rings. The predicted molar refractivity (Wildman–Crippen MR) is 82.7 cm³/mol. The lowest BCUT2D eigenvalue weighted by atomic mass is 9.94. The van der Waals surface area contributed by atoms with Crippen molar-refractivity contribution in [2.24, 2.45) is 0 Å². The van der Waals surface area contributed by atoms with Crippen LogP contribution in [0.25, 0.3) is 11.1 Å². The average molecular weight is 300 g/mol. The molecule has 0 atom stereocenters. The van der Waals surface area contributed by atoms with Crippen molar-refractivity contribution in [2.45, 2.75) is 6.92 Å². The van der Waals surface area contributed by atoms with Crippen LogP contribution in [0.3, 0.4) is 0 Å². The Labute approximate surface area is 127 Å². The number of carbonyl (C=O) groups is 2. The Bertz CT molecular complexity index is 740. The first-order valence-electron chi connectivity index (χ1n) is 6.58. The van der Waals surface area contributed by atoms with E-state index in [1.165, 1.54) is 4.90 Å². The second kappa shape index (κ2) is 5.85. The van der Waals surface area contributed by atoms with Crippen LogP contribution >= 0.6 is 0 Å². The van der Waals surface area contributed by atoms with Gasteiger partial charge in [-0.1, -0.05) is 30.3 Å². The van der Waals surface area contributed by atoms with Gasteiger partial charge >= 0.3 is 11.9 Å². The second-order valence-corrected chi connectivity index (χ2v) is 5.02. The fraction of sp³-hybridized carbons (Fsp3) is 0.188. The number of pyridine rings is 1. The van der Waals surface area contributed by atoms with Gasteiger partial charge in [0, 0.05) is 25.4 Å². The van der Waals surface area contributed by atoms with Gasteiger partial charge in [0.25, 0.3) is 0 Å². The smallest absolute Gasteiger partial charge is 0.340 e. The molecule has 0 bridgehead atoms. The van der Waals surface area contributed by atoms with E-state index < -0.39 is 11.9 Å². The lowest BCUT2D eigenvalue weighted by molar-refractivity contribution is 0.0652. The Morgan fingerprint density at radius 1 is 1.00 bits per heavy atom. The molecule has 0 radical (unpaired) electrons. The predicted octanol–water partition coefficient (Wildman–Crippen LogP) is 2.52. The van der Waals surface area contributed by atoms with E-state index in [2.05, 4.69) is 4.98 Å². The van der Waals surface area contributed by atoms with E-state index >= 15 is 0 Å². The standard InChI is InChI=1S/C16H16N2O4/c1-9-11(10-7-5-4-6-8-10)12(15(19)20)13(16(21)22)14(17-9)18(2)3/h4-8H,1-3H3,(H,19,20)(H,21,22). The summed E-state index contributed by atoms with van der Waals surface area (Å²) in [5, 5.41) is 19.1. The Balaban J connectivity index is 2.94. The molecule has 2 N–H and O–H groups in total. The molecule has 1 heterocycles. The van der Waals surface area contributed by atoms with Crippen molar-refractivity contribution in [3.05, 3.63) is 47.2 Å². The van der Waals surface area contributed by atoms with Crippen molar-refractivity contribution >= 4 is 17.8 Å². The molecule has 2 rings (SSSR count). The van der Waals surface area contributed by atoms with E-state index in [4.69, 9.17) is 0 Å². The number of benzene rings is 1. The molecule has 22 heavy (non-hydrogen) atoms. The zero-order chi connectivity index (χ0) is 16.4. The highest BCUT2D eigenvalue weighted by atomic mass is 16.4. The highest BCUT2D eigenvalue weighted by Gasteiger charge is 2.28. The highest BCUT2D eigenvalue weighted by Crippen LogP contribution is 2.33. The SMILES string of the molecule is Cc1nc(N(C)C)c(C(=O)O)c(C(=O)O)c1-c1ccccc1. The zero-order valence-electron chi connectivity index (χ0n) is 12.5. The van der Waals surface area contributed by atoms with Crippen molar-refractivity contribution in [1.82, 2.24) is 4.98 Å². The molecule has 0 saturated carbocycles. The Morgan fingerprint density at radius 2 is 1.55 bits per heavy atom. The molecule has 0 amide bonds. The van der Waals surface area contributed by atoms with Gasteiger partial charge in [0.2, 0.25) is 0 Å². The summed E-state index contributed by atoms with van der Waals surface area (Å²) in [5.74, 6) is -2.47. The van der Waals surface area contributed by atoms with E-state index in [-0.39, 0.29) is 16.9 Å². The number of rotatable bonds is 4. The topological polar surface area (TPSA) is 90.7 Å². The molecule has 0 unspecified atom stereocenters. The van der Waals surface area contributed by atoms with Gasteiger partial charge in [0.05, 0.1) is 5.56 Å². The monoisotopic (exact) mass is 300 g/mol. The fourth-order valence-corrected chi connectivity index (χ4v) is 2.39. The van der Waals surface area contributed by atoms with Gasteiger partial charge in [-0.25, -0.2) is 14.6 Å². The molecule has 0 aliphatic carbocycles. The Kier molecular flexibility index (Phi) is 4.12. The molecular weight excluding hydrogens is 284 g/mol. The molecular formula is C16H16N2O4. The normalized spacial score (nSPS) is 10.3. The van der Waals surface area contributed by atoms with E-state index in [0.29, 0.717) is 16.8 Å². The first-order valence-corrected chi connectivity index (χ1v) is 6.58. The summed E-state index contributed by atoms with van der Waals surface area (Å²) in [6.45, 7) is 1.67.